The second-order valence-corrected chi connectivity index (χ2v) is 4.82. The molecule has 1 aromatic carbocycles. The molecule has 1 rings (SSSR count). The maximum atomic E-state index is 9.94. The topological polar surface area (TPSA) is 77.8 Å². The van der Waals surface area contributed by atoms with E-state index in [1.165, 1.54) is 0 Å². The summed E-state index contributed by atoms with van der Waals surface area (Å²) in [6.45, 7) is 11.0. The van der Waals surface area contributed by atoms with Gasteiger partial charge in [0, 0.05) is 17.2 Å². The third-order valence-electron chi connectivity index (χ3n) is 2.57. The van der Waals surface area contributed by atoms with Gasteiger partial charge in [-0.05, 0) is 24.0 Å². The van der Waals surface area contributed by atoms with Crippen molar-refractivity contribution in [1.29, 1.82) is 0 Å². The van der Waals surface area contributed by atoms with Gasteiger partial charge in [0.1, 0.15) is 11.5 Å². The first-order chi connectivity index (χ1) is 8.70. The largest absolute Gasteiger partial charge is 0.508 e. The molecule has 3 N–H and O–H groups in total. The average molecular weight is 266 g/mol. The van der Waals surface area contributed by atoms with Crippen molar-refractivity contribution in [3.63, 3.8) is 0 Å². The highest BCUT2D eigenvalue weighted by Crippen LogP contribution is 2.36. The maximum Gasteiger partial charge on any atom is 0.327 e. The summed E-state index contributed by atoms with van der Waals surface area (Å²) in [5.41, 5.74) is 1.63. The fraction of sp³-hybridized carbons (Fsp3) is 0.400. The van der Waals surface area contributed by atoms with Gasteiger partial charge >= 0.3 is 5.97 Å². The third kappa shape index (κ3) is 5.46. The summed E-state index contributed by atoms with van der Waals surface area (Å²) in [6.07, 6.45) is 0.833. The summed E-state index contributed by atoms with van der Waals surface area (Å²) < 4.78 is 0. The number of benzene rings is 1. The number of carbonyl (C=O) groups is 1. The first kappa shape index (κ1) is 17.0. The zero-order valence-corrected chi connectivity index (χ0v) is 11.8. The fourth-order valence-corrected chi connectivity index (χ4v) is 1.54. The maximum absolute atomic E-state index is 9.94. The average Bonchev–Trinajstić information content (AvgIpc) is 2.31. The summed E-state index contributed by atoms with van der Waals surface area (Å²) in [4.78, 5) is 9.25. The first-order valence-electron chi connectivity index (χ1n) is 6.11. The van der Waals surface area contributed by atoms with E-state index in [2.05, 4.69) is 6.58 Å². The van der Waals surface area contributed by atoms with E-state index < -0.39 is 5.97 Å². The molecule has 0 fully saturated rings. The molecule has 19 heavy (non-hydrogen) atoms. The molecule has 4 heteroatoms. The molecule has 0 atom stereocenters. The Morgan fingerprint density at radius 1 is 1.11 bits per heavy atom. The SMILES string of the molecule is C=CC(=O)O.CC(C)c1cc(O)cc(C(C)C)c1O. The molecule has 0 amide bonds. The van der Waals surface area contributed by atoms with E-state index in [1.807, 2.05) is 27.7 Å². The van der Waals surface area contributed by atoms with Gasteiger partial charge in [-0.2, -0.15) is 0 Å². The Kier molecular flexibility index (Phi) is 6.69. The highest BCUT2D eigenvalue weighted by molar-refractivity contribution is 5.78. The highest BCUT2D eigenvalue weighted by Gasteiger charge is 2.14. The number of phenols is 2. The van der Waals surface area contributed by atoms with Crippen LogP contribution in [0.3, 0.4) is 0 Å². The van der Waals surface area contributed by atoms with Gasteiger partial charge < -0.3 is 15.3 Å². The summed E-state index contributed by atoms with van der Waals surface area (Å²) >= 11 is 0. The molecule has 0 aliphatic heterocycles. The Labute approximate surface area is 114 Å². The van der Waals surface area contributed by atoms with Crippen LogP contribution in [-0.4, -0.2) is 21.3 Å². The van der Waals surface area contributed by atoms with Crippen molar-refractivity contribution in [2.75, 3.05) is 0 Å². The minimum atomic E-state index is -0.981. The van der Waals surface area contributed by atoms with Gasteiger partial charge in [-0.15, -0.1) is 0 Å². The number of carboxylic acids is 1. The van der Waals surface area contributed by atoms with Crippen molar-refractivity contribution in [3.05, 3.63) is 35.9 Å². The molecule has 0 heterocycles. The van der Waals surface area contributed by atoms with Gasteiger partial charge in [-0.3, -0.25) is 0 Å². The number of aliphatic carboxylic acids is 1. The van der Waals surface area contributed by atoms with Gasteiger partial charge in [0.05, 0.1) is 0 Å². The number of hydrogen-bond acceptors (Lipinski definition) is 3. The van der Waals surface area contributed by atoms with Gasteiger partial charge in [0.2, 0.25) is 0 Å². The number of hydrogen-bond donors (Lipinski definition) is 3. The van der Waals surface area contributed by atoms with Gasteiger partial charge in [0.15, 0.2) is 0 Å². The molecule has 1 aromatic rings. The molecule has 0 unspecified atom stereocenters. The lowest BCUT2D eigenvalue weighted by molar-refractivity contribution is -0.131. The van der Waals surface area contributed by atoms with Crippen LogP contribution in [0, 0.1) is 0 Å². The molecule has 0 aliphatic carbocycles. The normalized spacial score (nSPS) is 10.0. The quantitative estimate of drug-likeness (QED) is 0.577. The zero-order valence-electron chi connectivity index (χ0n) is 11.8. The van der Waals surface area contributed by atoms with Crippen LogP contribution < -0.4 is 0 Å². The van der Waals surface area contributed by atoms with Crippen LogP contribution in [-0.2, 0) is 4.79 Å². The summed E-state index contributed by atoms with van der Waals surface area (Å²) in [7, 11) is 0. The monoisotopic (exact) mass is 266 g/mol. The second kappa shape index (κ2) is 7.46. The Morgan fingerprint density at radius 3 is 1.63 bits per heavy atom. The van der Waals surface area contributed by atoms with Gasteiger partial charge in [0.25, 0.3) is 0 Å². The van der Waals surface area contributed by atoms with Gasteiger partial charge in [-0.25, -0.2) is 4.79 Å². The molecule has 0 bridgehead atoms. The van der Waals surface area contributed by atoms with Crippen LogP contribution in [0.4, 0.5) is 0 Å². The summed E-state index contributed by atoms with van der Waals surface area (Å²) in [5.74, 6) is 0.0206. The zero-order chi connectivity index (χ0) is 15.2. The molecule has 0 radical (unpaired) electrons. The summed E-state index contributed by atoms with van der Waals surface area (Å²) in [6, 6.07) is 3.26. The summed E-state index contributed by atoms with van der Waals surface area (Å²) in [5, 5.41) is 27.1. The van der Waals surface area contributed by atoms with Crippen molar-refractivity contribution in [1.82, 2.24) is 0 Å². The molecule has 0 aliphatic rings. The van der Waals surface area contributed by atoms with Crippen molar-refractivity contribution in [3.8, 4) is 11.5 Å². The minimum absolute atomic E-state index is 0.222. The molecular weight excluding hydrogens is 244 g/mol. The lowest BCUT2D eigenvalue weighted by Crippen LogP contribution is -1.95. The van der Waals surface area contributed by atoms with E-state index in [4.69, 9.17) is 5.11 Å². The van der Waals surface area contributed by atoms with Crippen LogP contribution in [0.25, 0.3) is 0 Å². The lowest BCUT2D eigenvalue weighted by Gasteiger charge is -2.15. The minimum Gasteiger partial charge on any atom is -0.508 e. The Bertz CT molecular complexity index is 418. The Morgan fingerprint density at radius 2 is 1.42 bits per heavy atom. The highest BCUT2D eigenvalue weighted by atomic mass is 16.4. The van der Waals surface area contributed by atoms with Gasteiger partial charge in [-0.1, -0.05) is 34.3 Å². The van der Waals surface area contributed by atoms with Crippen LogP contribution in [0.2, 0.25) is 0 Å². The van der Waals surface area contributed by atoms with Crippen molar-refractivity contribution in [2.24, 2.45) is 0 Å². The van der Waals surface area contributed by atoms with Crippen LogP contribution in [0.1, 0.15) is 50.7 Å². The van der Waals surface area contributed by atoms with E-state index in [9.17, 15) is 15.0 Å². The number of phenolic OH excluding ortho intramolecular Hbond substituents is 2. The standard InChI is InChI=1S/C12H18O2.C3H4O2/c1-7(2)10-5-9(13)6-11(8(3)4)12(10)14;1-2-3(4)5/h5-8,13-14H,1-4H3;2H,1H2,(H,4,5). The molecule has 0 saturated carbocycles. The smallest absolute Gasteiger partial charge is 0.327 e. The van der Waals surface area contributed by atoms with E-state index >= 15 is 0 Å². The molecule has 0 saturated heterocycles. The van der Waals surface area contributed by atoms with Crippen molar-refractivity contribution in [2.45, 2.75) is 39.5 Å². The van der Waals surface area contributed by atoms with E-state index in [-0.39, 0.29) is 17.6 Å². The second-order valence-electron chi connectivity index (χ2n) is 4.82. The molecule has 0 spiro atoms. The predicted octanol–water partition coefficient (Wildman–Crippen LogP) is 3.60. The fourth-order valence-electron chi connectivity index (χ4n) is 1.54. The number of carboxylic acid groups (broad SMARTS) is 1. The number of aromatic hydroxyl groups is 2. The van der Waals surface area contributed by atoms with Crippen LogP contribution in [0.15, 0.2) is 24.8 Å². The molecule has 106 valence electrons. The molecular formula is C15H22O4. The molecule has 0 aromatic heterocycles. The molecule has 4 nitrogen and oxygen atoms in total. The van der Waals surface area contributed by atoms with Crippen LogP contribution in [0.5, 0.6) is 11.5 Å². The third-order valence-corrected chi connectivity index (χ3v) is 2.57. The lowest BCUT2D eigenvalue weighted by atomic mass is 9.93. The van der Waals surface area contributed by atoms with Crippen molar-refractivity contribution < 1.29 is 20.1 Å². The predicted molar refractivity (Wildman–Crippen MR) is 75.8 cm³/mol. The number of rotatable bonds is 3. The van der Waals surface area contributed by atoms with Crippen molar-refractivity contribution >= 4 is 5.97 Å². The first-order valence-corrected chi connectivity index (χ1v) is 6.11. The van der Waals surface area contributed by atoms with E-state index in [0.29, 0.717) is 5.75 Å². The van der Waals surface area contributed by atoms with E-state index in [0.717, 1.165) is 17.2 Å². The van der Waals surface area contributed by atoms with E-state index in [1.54, 1.807) is 12.1 Å². The van der Waals surface area contributed by atoms with Crippen LogP contribution >= 0.6 is 0 Å². The Balaban J connectivity index is 0.000000555. The Hall–Kier alpha value is -1.97.